The van der Waals surface area contributed by atoms with Gasteiger partial charge in [-0.3, -0.25) is 4.90 Å². The third-order valence-corrected chi connectivity index (χ3v) is 5.18. The average molecular weight is 276 g/mol. The molecule has 2 heterocycles. The molecule has 2 unspecified atom stereocenters. The molecule has 2 aliphatic rings. The number of phenolic OH excluding ortho intramolecular Hbond substituents is 1. The van der Waals surface area contributed by atoms with Crippen LogP contribution in [0.5, 0.6) is 11.5 Å². The van der Waals surface area contributed by atoms with Gasteiger partial charge in [-0.1, -0.05) is 12.1 Å². The molecule has 4 heteroatoms. The smallest absolute Gasteiger partial charge is 0.162 e. The fraction of sp³-hybridized carbons (Fsp3) is 0.625. The molecule has 2 aliphatic heterocycles. The first kappa shape index (κ1) is 13.7. The van der Waals surface area contributed by atoms with Crippen LogP contribution in [0, 0.1) is 11.8 Å². The number of fused-ring (bicyclic) bond motifs is 1. The summed E-state index contributed by atoms with van der Waals surface area (Å²) in [5, 5.41) is 13.8. The van der Waals surface area contributed by atoms with Crippen LogP contribution in [-0.4, -0.2) is 42.3 Å². The van der Waals surface area contributed by atoms with Crippen molar-refractivity contribution in [3.05, 3.63) is 23.8 Å². The molecule has 2 atom stereocenters. The zero-order valence-corrected chi connectivity index (χ0v) is 12.5. The van der Waals surface area contributed by atoms with Gasteiger partial charge in [0.25, 0.3) is 0 Å². The second-order valence-electron chi connectivity index (χ2n) is 6.53. The molecule has 20 heavy (non-hydrogen) atoms. The number of ether oxygens (including phenoxy) is 1. The Balaban J connectivity index is 1.82. The predicted molar refractivity (Wildman–Crippen MR) is 79.0 cm³/mol. The molecule has 0 bridgehead atoms. The molecular formula is C16H24N2O2. The van der Waals surface area contributed by atoms with Crippen LogP contribution < -0.4 is 10.1 Å². The molecular weight excluding hydrogens is 252 g/mol. The monoisotopic (exact) mass is 276 g/mol. The standard InChI is InChI=1S/C16H24N2O2/c1-16(2)13-8-17-7-12(13)10-18(16)9-11-5-4-6-14(20-3)15(11)19/h4-6,12-13,17,19H,7-10H2,1-3H3. The Bertz CT molecular complexity index is 501. The maximum absolute atomic E-state index is 10.3. The van der Waals surface area contributed by atoms with Crippen LogP contribution in [0.3, 0.4) is 0 Å². The van der Waals surface area contributed by atoms with Crippen molar-refractivity contribution in [2.24, 2.45) is 11.8 Å². The van der Waals surface area contributed by atoms with Crippen LogP contribution in [0.15, 0.2) is 18.2 Å². The van der Waals surface area contributed by atoms with Crippen LogP contribution in [0.2, 0.25) is 0 Å². The Labute approximate surface area is 120 Å². The minimum Gasteiger partial charge on any atom is -0.504 e. The zero-order valence-electron chi connectivity index (χ0n) is 12.5. The van der Waals surface area contributed by atoms with E-state index in [2.05, 4.69) is 24.1 Å². The first-order chi connectivity index (χ1) is 9.54. The summed E-state index contributed by atoms with van der Waals surface area (Å²) in [5.41, 5.74) is 1.12. The highest BCUT2D eigenvalue weighted by Crippen LogP contribution is 2.42. The van der Waals surface area contributed by atoms with Gasteiger partial charge in [-0.2, -0.15) is 0 Å². The maximum atomic E-state index is 10.3. The summed E-state index contributed by atoms with van der Waals surface area (Å²) < 4.78 is 5.20. The first-order valence-electron chi connectivity index (χ1n) is 7.34. The molecule has 0 aliphatic carbocycles. The fourth-order valence-corrected chi connectivity index (χ4v) is 3.84. The Hall–Kier alpha value is -1.26. The number of likely N-dealkylation sites (tertiary alicyclic amines) is 1. The van der Waals surface area contributed by atoms with E-state index in [1.54, 1.807) is 13.2 Å². The average Bonchev–Trinajstić information content (AvgIpc) is 2.96. The summed E-state index contributed by atoms with van der Waals surface area (Å²) in [6.45, 7) is 8.75. The first-order valence-corrected chi connectivity index (χ1v) is 7.34. The lowest BCUT2D eigenvalue weighted by Crippen LogP contribution is -2.43. The predicted octanol–water partition coefficient (Wildman–Crippen LogP) is 1.83. The van der Waals surface area contributed by atoms with E-state index in [9.17, 15) is 5.11 Å². The zero-order chi connectivity index (χ0) is 14.3. The van der Waals surface area contributed by atoms with E-state index in [1.165, 1.54) is 0 Å². The molecule has 1 aromatic carbocycles. The number of hydrogen-bond donors (Lipinski definition) is 2. The number of aromatic hydroxyl groups is 1. The van der Waals surface area contributed by atoms with Crippen LogP contribution in [-0.2, 0) is 6.54 Å². The third-order valence-electron chi connectivity index (χ3n) is 5.18. The van der Waals surface area contributed by atoms with Crippen molar-refractivity contribution in [3.8, 4) is 11.5 Å². The Morgan fingerprint density at radius 3 is 2.90 bits per heavy atom. The highest BCUT2D eigenvalue weighted by molar-refractivity contribution is 5.45. The van der Waals surface area contributed by atoms with Gasteiger partial charge in [0.15, 0.2) is 11.5 Å². The van der Waals surface area contributed by atoms with E-state index in [4.69, 9.17) is 4.74 Å². The second-order valence-corrected chi connectivity index (χ2v) is 6.53. The Morgan fingerprint density at radius 2 is 2.20 bits per heavy atom. The van der Waals surface area contributed by atoms with Gasteiger partial charge in [0, 0.05) is 30.7 Å². The molecule has 2 N–H and O–H groups in total. The van der Waals surface area contributed by atoms with Gasteiger partial charge in [0.2, 0.25) is 0 Å². The molecule has 0 spiro atoms. The number of rotatable bonds is 3. The Kier molecular flexibility index (Phi) is 3.38. The van der Waals surface area contributed by atoms with Gasteiger partial charge in [-0.25, -0.2) is 0 Å². The number of para-hydroxylation sites is 1. The van der Waals surface area contributed by atoms with E-state index < -0.39 is 0 Å². The largest absolute Gasteiger partial charge is 0.504 e. The lowest BCUT2D eigenvalue weighted by Gasteiger charge is -2.35. The van der Waals surface area contributed by atoms with Crippen molar-refractivity contribution in [1.29, 1.82) is 0 Å². The van der Waals surface area contributed by atoms with Gasteiger partial charge in [-0.05, 0) is 38.3 Å². The molecule has 0 radical (unpaired) electrons. The number of nitrogens with one attached hydrogen (secondary N) is 1. The van der Waals surface area contributed by atoms with Crippen molar-refractivity contribution >= 4 is 0 Å². The summed E-state index contributed by atoms with van der Waals surface area (Å²) in [5.74, 6) is 2.27. The summed E-state index contributed by atoms with van der Waals surface area (Å²) >= 11 is 0. The Morgan fingerprint density at radius 1 is 1.40 bits per heavy atom. The maximum Gasteiger partial charge on any atom is 0.162 e. The van der Waals surface area contributed by atoms with Gasteiger partial charge in [0.1, 0.15) is 0 Å². The van der Waals surface area contributed by atoms with E-state index in [0.29, 0.717) is 11.7 Å². The quantitative estimate of drug-likeness (QED) is 0.884. The summed E-state index contributed by atoms with van der Waals surface area (Å²) in [6, 6.07) is 5.73. The van der Waals surface area contributed by atoms with E-state index in [1.807, 2.05) is 12.1 Å². The SMILES string of the molecule is COc1cccc(CN2CC3CNCC3C2(C)C)c1O. The van der Waals surface area contributed by atoms with E-state index in [0.717, 1.165) is 37.7 Å². The summed E-state index contributed by atoms with van der Waals surface area (Å²) in [4.78, 5) is 2.50. The number of benzene rings is 1. The minimum atomic E-state index is 0.170. The molecule has 0 amide bonds. The van der Waals surface area contributed by atoms with Gasteiger partial charge < -0.3 is 15.2 Å². The molecule has 0 aromatic heterocycles. The molecule has 2 fully saturated rings. The number of methoxy groups -OCH3 is 1. The van der Waals surface area contributed by atoms with Crippen LogP contribution in [0.1, 0.15) is 19.4 Å². The fourth-order valence-electron chi connectivity index (χ4n) is 3.84. The van der Waals surface area contributed by atoms with Crippen LogP contribution in [0.25, 0.3) is 0 Å². The topological polar surface area (TPSA) is 44.7 Å². The summed E-state index contributed by atoms with van der Waals surface area (Å²) in [6.07, 6.45) is 0. The molecule has 4 nitrogen and oxygen atoms in total. The molecule has 1 aromatic rings. The second kappa shape index (κ2) is 4.93. The highest BCUT2D eigenvalue weighted by Gasteiger charge is 2.49. The number of hydrogen-bond acceptors (Lipinski definition) is 4. The molecule has 2 saturated heterocycles. The van der Waals surface area contributed by atoms with Crippen LogP contribution >= 0.6 is 0 Å². The van der Waals surface area contributed by atoms with Crippen molar-refractivity contribution in [2.75, 3.05) is 26.7 Å². The van der Waals surface area contributed by atoms with Gasteiger partial charge in [-0.15, -0.1) is 0 Å². The lowest BCUT2D eigenvalue weighted by atomic mass is 9.85. The number of nitrogens with zero attached hydrogens (tertiary/aromatic N) is 1. The van der Waals surface area contributed by atoms with Crippen molar-refractivity contribution in [1.82, 2.24) is 10.2 Å². The molecule has 0 saturated carbocycles. The summed E-state index contributed by atoms with van der Waals surface area (Å²) in [7, 11) is 1.59. The van der Waals surface area contributed by atoms with Crippen LogP contribution in [0.4, 0.5) is 0 Å². The molecule has 3 rings (SSSR count). The normalized spacial score (nSPS) is 28.6. The van der Waals surface area contributed by atoms with Gasteiger partial charge in [0.05, 0.1) is 7.11 Å². The molecule has 110 valence electrons. The van der Waals surface area contributed by atoms with Crippen molar-refractivity contribution in [3.63, 3.8) is 0 Å². The van der Waals surface area contributed by atoms with Crippen molar-refractivity contribution in [2.45, 2.75) is 25.9 Å². The van der Waals surface area contributed by atoms with E-state index >= 15 is 0 Å². The minimum absolute atomic E-state index is 0.170. The number of phenols is 1. The van der Waals surface area contributed by atoms with E-state index in [-0.39, 0.29) is 11.3 Å². The lowest BCUT2D eigenvalue weighted by molar-refractivity contribution is 0.130. The van der Waals surface area contributed by atoms with Crippen molar-refractivity contribution < 1.29 is 9.84 Å². The third kappa shape index (κ3) is 2.07. The van der Waals surface area contributed by atoms with Gasteiger partial charge >= 0.3 is 0 Å². The highest BCUT2D eigenvalue weighted by atomic mass is 16.5.